The lowest BCUT2D eigenvalue weighted by Crippen LogP contribution is -2.29. The molecule has 1 aromatic heterocycles. The molecule has 3 atom stereocenters. The van der Waals surface area contributed by atoms with Crippen LogP contribution in [-0.2, 0) is 7.05 Å². The molecule has 0 unspecified atom stereocenters. The molecule has 1 fully saturated rings. The maximum atomic E-state index is 6.45. The highest BCUT2D eigenvalue weighted by molar-refractivity contribution is 9.10. The number of hydrogen-bond acceptors (Lipinski definition) is 3. The van der Waals surface area contributed by atoms with Gasteiger partial charge < -0.3 is 9.30 Å². The molecule has 27 heavy (non-hydrogen) atoms. The Hall–Kier alpha value is -1.85. The number of rotatable bonds is 5. The van der Waals surface area contributed by atoms with Gasteiger partial charge in [0.15, 0.2) is 0 Å². The summed E-state index contributed by atoms with van der Waals surface area (Å²) >= 11 is 3.58. The lowest BCUT2D eigenvalue weighted by atomic mass is 10.0. The van der Waals surface area contributed by atoms with Gasteiger partial charge in [0.25, 0.3) is 0 Å². The van der Waals surface area contributed by atoms with E-state index in [1.807, 2.05) is 24.0 Å². The van der Waals surface area contributed by atoms with Crippen molar-refractivity contribution in [3.05, 3.63) is 58.8 Å². The van der Waals surface area contributed by atoms with Crippen molar-refractivity contribution < 1.29 is 4.74 Å². The highest BCUT2D eigenvalue weighted by atomic mass is 79.9. The van der Waals surface area contributed by atoms with Crippen molar-refractivity contribution in [1.82, 2.24) is 14.5 Å². The third-order valence-corrected chi connectivity index (χ3v) is 6.26. The first-order chi connectivity index (χ1) is 13.0. The molecule has 1 aliphatic rings. The lowest BCUT2D eigenvalue weighted by Gasteiger charge is -2.26. The number of aromatic nitrogens is 2. The average Bonchev–Trinajstić information content (AvgIpc) is 3.29. The molecule has 3 aromatic rings. The van der Waals surface area contributed by atoms with E-state index < -0.39 is 0 Å². The van der Waals surface area contributed by atoms with Crippen LogP contribution in [0.3, 0.4) is 0 Å². The molecule has 0 amide bonds. The van der Waals surface area contributed by atoms with Crippen LogP contribution in [0.2, 0.25) is 0 Å². The van der Waals surface area contributed by atoms with E-state index in [1.165, 1.54) is 12.0 Å². The largest absolute Gasteiger partial charge is 0.488 e. The first kappa shape index (κ1) is 18.5. The van der Waals surface area contributed by atoms with Crippen molar-refractivity contribution in [1.29, 1.82) is 0 Å². The molecular weight excluding hydrogens is 402 g/mol. The van der Waals surface area contributed by atoms with Gasteiger partial charge in [-0.3, -0.25) is 4.90 Å². The van der Waals surface area contributed by atoms with E-state index in [0.29, 0.717) is 12.0 Å². The van der Waals surface area contributed by atoms with Crippen LogP contribution in [0.15, 0.2) is 53.3 Å². The monoisotopic (exact) mass is 427 g/mol. The second kappa shape index (κ2) is 7.64. The first-order valence-electron chi connectivity index (χ1n) is 9.59. The molecule has 0 N–H and O–H groups in total. The van der Waals surface area contributed by atoms with Crippen molar-refractivity contribution in [2.75, 3.05) is 13.1 Å². The predicted octanol–water partition coefficient (Wildman–Crippen LogP) is 5.19. The number of nitrogens with zero attached hydrogens (tertiary/aromatic N) is 3. The zero-order valence-corrected chi connectivity index (χ0v) is 17.7. The third-order valence-electron chi connectivity index (χ3n) is 5.80. The molecule has 0 aliphatic carbocycles. The molecule has 0 radical (unpaired) electrons. The van der Waals surface area contributed by atoms with Crippen LogP contribution in [0.4, 0.5) is 0 Å². The molecular formula is C22H26BrN3O. The normalized spacial score (nSPS) is 20.1. The van der Waals surface area contributed by atoms with Crippen LogP contribution in [-0.4, -0.2) is 33.6 Å². The van der Waals surface area contributed by atoms with Crippen molar-refractivity contribution in [3.63, 3.8) is 0 Å². The minimum atomic E-state index is 0.158. The number of aryl methyl sites for hydroxylation is 1. The Kier molecular flexibility index (Phi) is 5.24. The fraction of sp³-hybridized carbons (Fsp3) is 0.409. The summed E-state index contributed by atoms with van der Waals surface area (Å²) in [6, 6.07) is 15.3. The molecule has 2 aromatic carbocycles. The quantitative estimate of drug-likeness (QED) is 0.561. The Morgan fingerprint density at radius 1 is 1.19 bits per heavy atom. The molecule has 5 heteroatoms. The van der Waals surface area contributed by atoms with Gasteiger partial charge in [0.05, 0.1) is 11.8 Å². The van der Waals surface area contributed by atoms with E-state index in [0.717, 1.165) is 34.3 Å². The number of likely N-dealkylation sites (tertiary alicyclic amines) is 1. The highest BCUT2D eigenvalue weighted by Gasteiger charge is 2.31. The van der Waals surface area contributed by atoms with Crippen molar-refractivity contribution >= 4 is 27.0 Å². The van der Waals surface area contributed by atoms with E-state index in [4.69, 9.17) is 4.74 Å². The van der Waals surface area contributed by atoms with Gasteiger partial charge in [-0.05, 0) is 44.5 Å². The van der Waals surface area contributed by atoms with Crippen LogP contribution in [0, 0.1) is 5.92 Å². The molecule has 1 aliphatic heterocycles. The summed E-state index contributed by atoms with van der Waals surface area (Å²) < 4.78 is 9.48. The average molecular weight is 428 g/mol. The maximum absolute atomic E-state index is 6.45. The minimum Gasteiger partial charge on any atom is -0.488 e. The molecule has 0 bridgehead atoms. The SMILES string of the molecule is C[C@H](c1ccccc1)N1CC[C@@H]([C@@H](C)Oc2cc(Br)cc3ncn(C)c23)C1. The summed E-state index contributed by atoms with van der Waals surface area (Å²) in [6.07, 6.45) is 3.17. The van der Waals surface area contributed by atoms with E-state index in [9.17, 15) is 0 Å². The summed E-state index contributed by atoms with van der Waals surface area (Å²) in [5, 5.41) is 0. The van der Waals surface area contributed by atoms with Crippen molar-refractivity contribution in [2.45, 2.75) is 32.4 Å². The molecule has 2 heterocycles. The number of benzene rings is 2. The predicted molar refractivity (Wildman–Crippen MR) is 113 cm³/mol. The number of fused-ring (bicyclic) bond motifs is 1. The lowest BCUT2D eigenvalue weighted by molar-refractivity contribution is 0.147. The van der Waals surface area contributed by atoms with E-state index in [2.05, 4.69) is 76.1 Å². The zero-order valence-electron chi connectivity index (χ0n) is 16.1. The van der Waals surface area contributed by atoms with Gasteiger partial charge in [-0.2, -0.15) is 0 Å². The Bertz CT molecular complexity index is 924. The Balaban J connectivity index is 1.47. The van der Waals surface area contributed by atoms with Gasteiger partial charge in [0, 0.05) is 30.0 Å². The second-order valence-electron chi connectivity index (χ2n) is 7.58. The number of ether oxygens (including phenoxy) is 1. The number of halogens is 1. The van der Waals surface area contributed by atoms with Gasteiger partial charge in [-0.15, -0.1) is 0 Å². The van der Waals surface area contributed by atoms with Crippen LogP contribution in [0.5, 0.6) is 5.75 Å². The fourth-order valence-corrected chi connectivity index (χ4v) is 4.52. The zero-order chi connectivity index (χ0) is 19.0. The van der Waals surface area contributed by atoms with Crippen molar-refractivity contribution in [2.24, 2.45) is 13.0 Å². The minimum absolute atomic E-state index is 0.158. The Labute approximate surface area is 169 Å². The molecule has 1 saturated heterocycles. The van der Waals surface area contributed by atoms with Gasteiger partial charge >= 0.3 is 0 Å². The van der Waals surface area contributed by atoms with Crippen LogP contribution >= 0.6 is 15.9 Å². The van der Waals surface area contributed by atoms with Gasteiger partial charge in [0.2, 0.25) is 0 Å². The summed E-state index contributed by atoms with van der Waals surface area (Å²) in [7, 11) is 2.01. The van der Waals surface area contributed by atoms with Crippen LogP contribution in [0.25, 0.3) is 11.0 Å². The summed E-state index contributed by atoms with van der Waals surface area (Å²) in [4.78, 5) is 7.03. The maximum Gasteiger partial charge on any atom is 0.146 e. The van der Waals surface area contributed by atoms with Gasteiger partial charge in [-0.25, -0.2) is 4.98 Å². The molecule has 0 spiro atoms. The summed E-state index contributed by atoms with van der Waals surface area (Å²) in [6.45, 7) is 6.69. The van der Waals surface area contributed by atoms with E-state index in [-0.39, 0.29) is 6.10 Å². The Morgan fingerprint density at radius 2 is 1.96 bits per heavy atom. The summed E-state index contributed by atoms with van der Waals surface area (Å²) in [5.74, 6) is 1.43. The second-order valence-corrected chi connectivity index (χ2v) is 8.50. The molecule has 142 valence electrons. The first-order valence-corrected chi connectivity index (χ1v) is 10.4. The fourth-order valence-electron chi connectivity index (χ4n) is 4.10. The number of hydrogen-bond donors (Lipinski definition) is 0. The number of imidazole rings is 1. The van der Waals surface area contributed by atoms with Gasteiger partial charge in [-0.1, -0.05) is 46.3 Å². The summed E-state index contributed by atoms with van der Waals surface area (Å²) in [5.41, 5.74) is 3.40. The standard InChI is InChI=1S/C22H26BrN3O/c1-15(17-7-5-4-6-8-17)26-10-9-18(13-26)16(2)27-21-12-19(23)11-20-22(21)25(3)14-24-20/h4-8,11-12,14-16,18H,9-10,13H2,1-3H3/t15-,16-,18-/m1/s1. The highest BCUT2D eigenvalue weighted by Crippen LogP contribution is 2.34. The van der Waals surface area contributed by atoms with Crippen LogP contribution < -0.4 is 4.74 Å². The third kappa shape index (κ3) is 3.76. The van der Waals surface area contributed by atoms with Crippen molar-refractivity contribution in [3.8, 4) is 5.75 Å². The molecule has 0 saturated carbocycles. The smallest absolute Gasteiger partial charge is 0.146 e. The Morgan fingerprint density at radius 3 is 2.74 bits per heavy atom. The molecule has 4 rings (SSSR count). The topological polar surface area (TPSA) is 30.3 Å². The van der Waals surface area contributed by atoms with Gasteiger partial charge in [0.1, 0.15) is 17.4 Å². The van der Waals surface area contributed by atoms with E-state index in [1.54, 1.807) is 0 Å². The molecule has 4 nitrogen and oxygen atoms in total. The van der Waals surface area contributed by atoms with Crippen LogP contribution in [0.1, 0.15) is 31.9 Å². The van der Waals surface area contributed by atoms with E-state index >= 15 is 0 Å².